The van der Waals surface area contributed by atoms with E-state index in [1.54, 1.807) is 30.7 Å². The third-order valence-electron chi connectivity index (χ3n) is 4.03. The van der Waals surface area contributed by atoms with Crippen molar-refractivity contribution < 1.29 is 4.79 Å². The molecule has 0 radical (unpaired) electrons. The summed E-state index contributed by atoms with van der Waals surface area (Å²) in [7, 11) is 0. The molecule has 26 heavy (non-hydrogen) atoms. The maximum Gasteiger partial charge on any atom is 0.250 e. The van der Waals surface area contributed by atoms with Crippen LogP contribution in [0.2, 0.25) is 0 Å². The molecule has 1 amide bonds. The summed E-state index contributed by atoms with van der Waals surface area (Å²) in [6, 6.07) is 12.9. The van der Waals surface area contributed by atoms with Crippen molar-refractivity contribution in [1.29, 1.82) is 0 Å². The van der Waals surface area contributed by atoms with Crippen LogP contribution >= 0.6 is 0 Å². The number of hydrogen-bond acceptors (Lipinski definition) is 5. The van der Waals surface area contributed by atoms with E-state index < -0.39 is 5.91 Å². The molecular weight excluding hydrogens is 328 g/mol. The SMILES string of the molecule is NC(=O)c1cccnc1-c1cc(NCc2ccccn2)nc2[nH]ccc12. The van der Waals surface area contributed by atoms with Crippen molar-refractivity contribution >= 4 is 22.8 Å². The Balaban J connectivity index is 1.77. The maximum absolute atomic E-state index is 11.8. The number of rotatable bonds is 5. The Morgan fingerprint density at radius 1 is 1.12 bits per heavy atom. The Kier molecular flexibility index (Phi) is 4.03. The van der Waals surface area contributed by atoms with Gasteiger partial charge in [-0.25, -0.2) is 4.98 Å². The van der Waals surface area contributed by atoms with Crippen LogP contribution in [-0.2, 0) is 6.54 Å². The summed E-state index contributed by atoms with van der Waals surface area (Å²) in [4.78, 5) is 28.1. The van der Waals surface area contributed by atoms with Gasteiger partial charge in [0.15, 0.2) is 0 Å². The first-order valence-electron chi connectivity index (χ1n) is 8.09. The fourth-order valence-corrected chi connectivity index (χ4v) is 2.83. The van der Waals surface area contributed by atoms with Gasteiger partial charge in [0.2, 0.25) is 0 Å². The van der Waals surface area contributed by atoms with E-state index in [4.69, 9.17) is 5.73 Å². The second-order valence-corrected chi connectivity index (χ2v) is 5.73. The van der Waals surface area contributed by atoms with Gasteiger partial charge in [-0.2, -0.15) is 0 Å². The Morgan fingerprint density at radius 2 is 2.00 bits per heavy atom. The number of pyridine rings is 3. The molecule has 4 aromatic heterocycles. The molecule has 0 aliphatic heterocycles. The van der Waals surface area contributed by atoms with Gasteiger partial charge in [0, 0.05) is 29.5 Å². The zero-order valence-corrected chi connectivity index (χ0v) is 13.8. The monoisotopic (exact) mass is 344 g/mol. The number of carbonyl (C=O) groups is 1. The quantitative estimate of drug-likeness (QED) is 0.516. The lowest BCUT2D eigenvalue weighted by atomic mass is 10.0. The molecule has 7 nitrogen and oxygen atoms in total. The van der Waals surface area contributed by atoms with Crippen LogP contribution in [0.5, 0.6) is 0 Å². The maximum atomic E-state index is 11.8. The summed E-state index contributed by atoms with van der Waals surface area (Å²) in [5.74, 6) is 0.137. The van der Waals surface area contributed by atoms with Gasteiger partial charge >= 0.3 is 0 Å². The van der Waals surface area contributed by atoms with E-state index in [1.165, 1.54) is 0 Å². The van der Waals surface area contributed by atoms with Gasteiger partial charge in [0.05, 0.1) is 23.5 Å². The molecule has 0 saturated heterocycles. The third-order valence-corrected chi connectivity index (χ3v) is 4.03. The van der Waals surface area contributed by atoms with Crippen molar-refractivity contribution in [3.8, 4) is 11.3 Å². The van der Waals surface area contributed by atoms with E-state index >= 15 is 0 Å². The molecule has 0 atom stereocenters. The topological polar surface area (TPSA) is 110 Å². The van der Waals surface area contributed by atoms with E-state index in [9.17, 15) is 4.79 Å². The summed E-state index contributed by atoms with van der Waals surface area (Å²) in [5.41, 5.74) is 8.81. The smallest absolute Gasteiger partial charge is 0.250 e. The van der Waals surface area contributed by atoms with Crippen LogP contribution in [0.15, 0.2) is 61.1 Å². The minimum atomic E-state index is -0.517. The summed E-state index contributed by atoms with van der Waals surface area (Å²) >= 11 is 0. The van der Waals surface area contributed by atoms with Gasteiger partial charge in [0.25, 0.3) is 5.91 Å². The molecule has 0 bridgehead atoms. The highest BCUT2D eigenvalue weighted by Gasteiger charge is 2.16. The zero-order chi connectivity index (χ0) is 17.9. The highest BCUT2D eigenvalue weighted by Crippen LogP contribution is 2.30. The summed E-state index contributed by atoms with van der Waals surface area (Å²) in [6.07, 6.45) is 5.19. The predicted octanol–water partition coefficient (Wildman–Crippen LogP) is 2.73. The average Bonchev–Trinajstić information content (AvgIpc) is 3.15. The number of aromatic amines is 1. The molecule has 128 valence electrons. The molecule has 4 aromatic rings. The van der Waals surface area contributed by atoms with Crippen molar-refractivity contribution in [3.05, 3.63) is 72.3 Å². The van der Waals surface area contributed by atoms with Gasteiger partial charge in [-0.05, 0) is 36.4 Å². The Labute approximate surface area is 149 Å². The van der Waals surface area contributed by atoms with Crippen LogP contribution in [0, 0.1) is 0 Å². The van der Waals surface area contributed by atoms with Crippen LogP contribution in [0.3, 0.4) is 0 Å². The lowest BCUT2D eigenvalue weighted by Crippen LogP contribution is -2.13. The highest BCUT2D eigenvalue weighted by atomic mass is 16.1. The highest BCUT2D eigenvalue weighted by molar-refractivity contribution is 6.03. The minimum Gasteiger partial charge on any atom is -0.366 e. The number of fused-ring (bicyclic) bond motifs is 1. The summed E-state index contributed by atoms with van der Waals surface area (Å²) in [5, 5.41) is 4.13. The van der Waals surface area contributed by atoms with Crippen LogP contribution in [0.1, 0.15) is 16.1 Å². The normalized spacial score (nSPS) is 10.8. The van der Waals surface area contributed by atoms with Crippen molar-refractivity contribution in [2.45, 2.75) is 6.54 Å². The van der Waals surface area contributed by atoms with Crippen LogP contribution in [0.4, 0.5) is 5.82 Å². The van der Waals surface area contributed by atoms with Gasteiger partial charge in [-0.1, -0.05) is 6.07 Å². The van der Waals surface area contributed by atoms with E-state index in [-0.39, 0.29) is 0 Å². The first kappa shape index (κ1) is 15.8. The molecule has 4 heterocycles. The molecule has 4 rings (SSSR count). The van der Waals surface area contributed by atoms with Gasteiger partial charge in [-0.15, -0.1) is 0 Å². The van der Waals surface area contributed by atoms with Crippen LogP contribution in [0.25, 0.3) is 22.3 Å². The van der Waals surface area contributed by atoms with Crippen molar-refractivity contribution in [3.63, 3.8) is 0 Å². The van der Waals surface area contributed by atoms with Crippen molar-refractivity contribution in [1.82, 2.24) is 19.9 Å². The molecule has 0 aliphatic carbocycles. The summed E-state index contributed by atoms with van der Waals surface area (Å²) < 4.78 is 0. The molecule has 0 saturated carbocycles. The van der Waals surface area contributed by atoms with Gasteiger partial charge in [-0.3, -0.25) is 14.8 Å². The largest absolute Gasteiger partial charge is 0.366 e. The van der Waals surface area contributed by atoms with Crippen LogP contribution < -0.4 is 11.1 Å². The number of primary amides is 1. The number of nitrogens with two attached hydrogens (primary N) is 1. The van der Waals surface area contributed by atoms with Crippen molar-refractivity contribution in [2.75, 3.05) is 5.32 Å². The standard InChI is InChI=1S/C19H16N6O/c20-18(26)14-5-3-8-22-17(14)15-10-16(25-19-13(15)6-9-23-19)24-11-12-4-1-2-7-21-12/h1-10H,11H2,(H2,20,26)(H2,23,24,25). The van der Waals surface area contributed by atoms with E-state index in [0.717, 1.165) is 16.6 Å². The number of aromatic nitrogens is 4. The molecular formula is C19H16N6O. The fraction of sp³-hybridized carbons (Fsp3) is 0.0526. The second-order valence-electron chi connectivity index (χ2n) is 5.73. The molecule has 7 heteroatoms. The minimum absolute atomic E-state index is 0.372. The molecule has 0 fully saturated rings. The number of nitrogens with zero attached hydrogens (tertiary/aromatic N) is 3. The number of anilines is 1. The Hall–Kier alpha value is -3.74. The van der Waals surface area contributed by atoms with Crippen molar-refractivity contribution in [2.24, 2.45) is 5.73 Å². The lowest BCUT2D eigenvalue weighted by Gasteiger charge is -2.11. The van der Waals surface area contributed by atoms with Gasteiger partial charge in [0.1, 0.15) is 11.5 Å². The molecule has 0 aromatic carbocycles. The first-order chi connectivity index (χ1) is 12.7. The number of carbonyl (C=O) groups excluding carboxylic acids is 1. The number of nitrogens with one attached hydrogen (secondary N) is 2. The molecule has 4 N–H and O–H groups in total. The molecule has 0 aliphatic rings. The third kappa shape index (κ3) is 2.98. The Bertz CT molecular complexity index is 1070. The summed E-state index contributed by atoms with van der Waals surface area (Å²) in [6.45, 7) is 0.532. The molecule has 0 unspecified atom stereocenters. The van der Waals surface area contributed by atoms with Gasteiger partial charge < -0.3 is 16.0 Å². The molecule has 0 spiro atoms. The van der Waals surface area contributed by atoms with E-state index in [0.29, 0.717) is 29.3 Å². The van der Waals surface area contributed by atoms with E-state index in [1.807, 2.05) is 30.3 Å². The fourth-order valence-electron chi connectivity index (χ4n) is 2.83. The van der Waals surface area contributed by atoms with E-state index in [2.05, 4.69) is 25.3 Å². The number of H-pyrrole nitrogens is 1. The second kappa shape index (κ2) is 6.64. The Morgan fingerprint density at radius 3 is 2.81 bits per heavy atom. The first-order valence-corrected chi connectivity index (χ1v) is 8.09. The zero-order valence-electron chi connectivity index (χ0n) is 13.8. The number of hydrogen-bond donors (Lipinski definition) is 3. The average molecular weight is 344 g/mol. The van der Waals surface area contributed by atoms with Crippen LogP contribution in [-0.4, -0.2) is 25.8 Å². The predicted molar refractivity (Wildman–Crippen MR) is 99.4 cm³/mol. The number of amides is 1. The lowest BCUT2D eigenvalue weighted by molar-refractivity contribution is 0.100.